The normalized spacial score (nSPS) is 10.6. The maximum absolute atomic E-state index is 10.6. The van der Waals surface area contributed by atoms with Gasteiger partial charge in [-0.25, -0.2) is 10.2 Å². The number of hydrazone groups is 1. The molecule has 110 valence electrons. The van der Waals surface area contributed by atoms with Crippen molar-refractivity contribution < 1.29 is 14.3 Å². The molecule has 0 aliphatic heterocycles. The standard InChI is InChI=1S/C14H16N4O3/c1-20-11-5-6-13(21-2)12(8-11)18-7-3-4-10(18)9-16-17-14(15)19/h3-9H,1-2H3,(H3,15,17,19)/b16-9+. The molecule has 7 heteroatoms. The lowest BCUT2D eigenvalue weighted by molar-refractivity contribution is 0.249. The lowest BCUT2D eigenvalue weighted by Crippen LogP contribution is -2.24. The van der Waals surface area contributed by atoms with Gasteiger partial charge in [0.25, 0.3) is 0 Å². The summed E-state index contributed by atoms with van der Waals surface area (Å²) < 4.78 is 12.4. The monoisotopic (exact) mass is 288 g/mol. The van der Waals surface area contributed by atoms with E-state index in [-0.39, 0.29) is 0 Å². The highest BCUT2D eigenvalue weighted by Crippen LogP contribution is 2.28. The molecule has 0 saturated carbocycles. The van der Waals surface area contributed by atoms with Gasteiger partial charge in [0.2, 0.25) is 0 Å². The molecule has 0 saturated heterocycles. The zero-order chi connectivity index (χ0) is 15.2. The van der Waals surface area contributed by atoms with Crippen LogP contribution in [0.4, 0.5) is 4.79 Å². The van der Waals surface area contributed by atoms with E-state index in [1.54, 1.807) is 14.2 Å². The van der Waals surface area contributed by atoms with Crippen LogP contribution >= 0.6 is 0 Å². The molecular weight excluding hydrogens is 272 g/mol. The van der Waals surface area contributed by atoms with E-state index in [1.165, 1.54) is 6.21 Å². The quantitative estimate of drug-likeness (QED) is 0.645. The van der Waals surface area contributed by atoms with E-state index >= 15 is 0 Å². The Morgan fingerprint density at radius 1 is 1.33 bits per heavy atom. The van der Waals surface area contributed by atoms with Crippen LogP contribution in [0, 0.1) is 0 Å². The van der Waals surface area contributed by atoms with E-state index in [9.17, 15) is 4.79 Å². The van der Waals surface area contributed by atoms with Crippen LogP contribution in [0.25, 0.3) is 5.69 Å². The number of primary amides is 1. The van der Waals surface area contributed by atoms with Crippen molar-refractivity contribution in [2.75, 3.05) is 14.2 Å². The average Bonchev–Trinajstić information content (AvgIpc) is 2.94. The van der Waals surface area contributed by atoms with Crippen LogP contribution in [0.2, 0.25) is 0 Å². The van der Waals surface area contributed by atoms with E-state index in [4.69, 9.17) is 15.2 Å². The average molecular weight is 288 g/mol. The first-order valence-electron chi connectivity index (χ1n) is 6.14. The Bertz CT molecular complexity index is 664. The van der Waals surface area contributed by atoms with Crippen molar-refractivity contribution in [3.8, 4) is 17.2 Å². The molecule has 3 N–H and O–H groups in total. The molecule has 1 aromatic heterocycles. The first-order valence-corrected chi connectivity index (χ1v) is 6.14. The summed E-state index contributed by atoms with van der Waals surface area (Å²) >= 11 is 0. The number of methoxy groups -OCH3 is 2. The highest BCUT2D eigenvalue weighted by Gasteiger charge is 2.09. The van der Waals surface area contributed by atoms with Gasteiger partial charge in [-0.2, -0.15) is 5.10 Å². The summed E-state index contributed by atoms with van der Waals surface area (Å²) in [6, 6.07) is 8.45. The predicted octanol–water partition coefficient (Wildman–Crippen LogP) is 1.50. The van der Waals surface area contributed by atoms with Crippen molar-refractivity contribution in [2.24, 2.45) is 10.8 Å². The van der Waals surface area contributed by atoms with Gasteiger partial charge in [0.05, 0.1) is 31.8 Å². The second kappa shape index (κ2) is 6.47. The smallest absolute Gasteiger partial charge is 0.332 e. The first-order chi connectivity index (χ1) is 10.2. The fraction of sp³-hybridized carbons (Fsp3) is 0.143. The third-order valence-corrected chi connectivity index (χ3v) is 2.80. The number of rotatable bonds is 5. The van der Waals surface area contributed by atoms with Gasteiger partial charge in [0.15, 0.2) is 0 Å². The minimum absolute atomic E-state index is 0.685. The van der Waals surface area contributed by atoms with Crippen LogP contribution in [-0.2, 0) is 0 Å². The number of benzene rings is 1. The third kappa shape index (κ3) is 3.33. The lowest BCUT2D eigenvalue weighted by Gasteiger charge is -2.13. The summed E-state index contributed by atoms with van der Waals surface area (Å²) in [5, 5.41) is 3.76. The van der Waals surface area contributed by atoms with Crippen LogP contribution in [0.5, 0.6) is 11.5 Å². The molecular formula is C14H16N4O3. The van der Waals surface area contributed by atoms with Crippen molar-refractivity contribution in [1.82, 2.24) is 9.99 Å². The molecule has 0 unspecified atom stereocenters. The van der Waals surface area contributed by atoms with Crippen molar-refractivity contribution >= 4 is 12.2 Å². The number of carbonyl (C=O) groups excluding carboxylic acids is 1. The molecule has 2 aromatic rings. The van der Waals surface area contributed by atoms with Crippen molar-refractivity contribution in [1.29, 1.82) is 0 Å². The van der Waals surface area contributed by atoms with Gasteiger partial charge in [0, 0.05) is 12.3 Å². The van der Waals surface area contributed by atoms with Gasteiger partial charge in [-0.05, 0) is 24.3 Å². The number of amides is 2. The molecule has 0 spiro atoms. The van der Waals surface area contributed by atoms with Crippen molar-refractivity contribution in [3.63, 3.8) is 0 Å². The second-order valence-electron chi connectivity index (χ2n) is 4.08. The predicted molar refractivity (Wildman–Crippen MR) is 79.2 cm³/mol. The highest BCUT2D eigenvalue weighted by atomic mass is 16.5. The number of nitrogens with one attached hydrogen (secondary N) is 1. The second-order valence-corrected chi connectivity index (χ2v) is 4.08. The number of nitrogens with zero attached hydrogens (tertiary/aromatic N) is 2. The number of hydrogen-bond acceptors (Lipinski definition) is 4. The van der Waals surface area contributed by atoms with E-state index < -0.39 is 6.03 Å². The van der Waals surface area contributed by atoms with Crippen LogP contribution in [0.3, 0.4) is 0 Å². The van der Waals surface area contributed by atoms with E-state index in [0.29, 0.717) is 11.5 Å². The molecule has 0 aliphatic rings. The van der Waals surface area contributed by atoms with Crippen LogP contribution in [-0.4, -0.2) is 31.0 Å². The molecule has 0 bridgehead atoms. The molecule has 0 aliphatic carbocycles. The summed E-state index contributed by atoms with van der Waals surface area (Å²) in [6.07, 6.45) is 3.34. The van der Waals surface area contributed by atoms with Crippen LogP contribution in [0.15, 0.2) is 41.6 Å². The molecule has 7 nitrogen and oxygen atoms in total. The van der Waals surface area contributed by atoms with Crippen molar-refractivity contribution in [2.45, 2.75) is 0 Å². The first kappa shape index (κ1) is 14.4. The molecule has 1 heterocycles. The van der Waals surface area contributed by atoms with E-state index in [2.05, 4.69) is 10.5 Å². The largest absolute Gasteiger partial charge is 0.497 e. The van der Waals surface area contributed by atoms with Gasteiger partial charge in [0.1, 0.15) is 11.5 Å². The lowest BCUT2D eigenvalue weighted by atomic mass is 10.2. The molecule has 2 amide bonds. The third-order valence-electron chi connectivity index (χ3n) is 2.80. The Balaban J connectivity index is 2.40. The summed E-state index contributed by atoms with van der Waals surface area (Å²) in [4.78, 5) is 10.6. The number of hydrogen-bond donors (Lipinski definition) is 2. The zero-order valence-corrected chi connectivity index (χ0v) is 11.7. The number of carbonyl (C=O) groups is 1. The van der Waals surface area contributed by atoms with Gasteiger partial charge in [-0.3, -0.25) is 0 Å². The molecule has 21 heavy (non-hydrogen) atoms. The zero-order valence-electron chi connectivity index (χ0n) is 11.7. The van der Waals surface area contributed by atoms with Crippen LogP contribution in [0.1, 0.15) is 5.69 Å². The minimum Gasteiger partial charge on any atom is -0.497 e. The van der Waals surface area contributed by atoms with Crippen molar-refractivity contribution in [3.05, 3.63) is 42.2 Å². The Morgan fingerprint density at radius 3 is 2.81 bits per heavy atom. The van der Waals surface area contributed by atoms with Gasteiger partial charge in [-0.15, -0.1) is 0 Å². The maximum atomic E-state index is 10.6. The highest BCUT2D eigenvalue weighted by molar-refractivity contribution is 5.81. The Hall–Kier alpha value is -2.96. The summed E-state index contributed by atoms with van der Waals surface area (Å²) in [7, 11) is 3.19. The van der Waals surface area contributed by atoms with Gasteiger partial charge in [-0.1, -0.05) is 0 Å². The van der Waals surface area contributed by atoms with E-state index in [0.717, 1.165) is 11.4 Å². The maximum Gasteiger partial charge on any atom is 0.332 e. The number of urea groups is 1. The Kier molecular flexibility index (Phi) is 4.45. The number of ether oxygens (including phenoxy) is 2. The summed E-state index contributed by atoms with van der Waals surface area (Å²) in [6.45, 7) is 0. The molecule has 0 fully saturated rings. The summed E-state index contributed by atoms with van der Waals surface area (Å²) in [5.74, 6) is 1.39. The fourth-order valence-electron chi connectivity index (χ4n) is 1.87. The topological polar surface area (TPSA) is 90.9 Å². The van der Waals surface area contributed by atoms with Gasteiger partial charge >= 0.3 is 6.03 Å². The SMILES string of the molecule is COc1ccc(OC)c(-n2cccc2/C=N/NC(N)=O)c1. The Morgan fingerprint density at radius 2 is 2.14 bits per heavy atom. The van der Waals surface area contributed by atoms with Gasteiger partial charge < -0.3 is 19.8 Å². The number of aromatic nitrogens is 1. The fourth-order valence-corrected chi connectivity index (χ4v) is 1.87. The molecule has 0 radical (unpaired) electrons. The number of nitrogens with two attached hydrogens (primary N) is 1. The molecule has 1 aromatic carbocycles. The van der Waals surface area contributed by atoms with E-state index in [1.807, 2.05) is 41.1 Å². The van der Waals surface area contributed by atoms with Crippen LogP contribution < -0.4 is 20.6 Å². The minimum atomic E-state index is -0.719. The molecule has 0 atom stereocenters. The Labute approximate surface area is 122 Å². The summed E-state index contributed by atoms with van der Waals surface area (Å²) in [5.41, 5.74) is 8.65. The molecule has 2 rings (SSSR count).